The molecule has 0 amide bonds. The second-order valence-electron chi connectivity index (χ2n) is 8.45. The Kier molecular flexibility index (Phi) is 8.53. The molecule has 3 rings (SSSR count). The molecule has 0 aromatic heterocycles. The third kappa shape index (κ3) is 4.72. The molecular formula is C21H44N6Si. The molecular weight excluding hydrogens is 364 g/mol. The molecule has 0 radical (unpaired) electrons. The Labute approximate surface area is 175 Å². The van der Waals surface area contributed by atoms with Crippen LogP contribution >= 0.6 is 0 Å². The summed E-state index contributed by atoms with van der Waals surface area (Å²) >= 11 is 0. The maximum absolute atomic E-state index is 2.93. The van der Waals surface area contributed by atoms with E-state index in [0.717, 1.165) is 0 Å². The van der Waals surface area contributed by atoms with E-state index in [1.165, 1.54) is 98.2 Å². The molecule has 0 aliphatic carbocycles. The van der Waals surface area contributed by atoms with Gasteiger partial charge in [0.1, 0.15) is 0 Å². The molecule has 0 saturated carbocycles. The van der Waals surface area contributed by atoms with Crippen LogP contribution in [-0.4, -0.2) is 135 Å². The van der Waals surface area contributed by atoms with Gasteiger partial charge in [-0.05, 0) is 26.6 Å². The van der Waals surface area contributed by atoms with E-state index in [2.05, 4.69) is 67.9 Å². The number of piperazine rings is 3. The molecule has 0 spiro atoms. The van der Waals surface area contributed by atoms with Crippen LogP contribution in [0.15, 0.2) is 11.8 Å². The number of likely N-dealkylation sites (N-methyl/N-ethyl adjacent to an activating group) is 3. The standard InChI is InChI=1S/C21H44N6Si/c1-5-21-28(25-15-9-22(6-2)10-16-25,26-17-11-23(7-3)12-18-26)27-19-13-24(8-4)14-20-27/h5,21H,6-20H2,1-4H3. The van der Waals surface area contributed by atoms with E-state index in [-0.39, 0.29) is 0 Å². The summed E-state index contributed by atoms with van der Waals surface area (Å²) in [6, 6.07) is 0. The van der Waals surface area contributed by atoms with E-state index in [4.69, 9.17) is 0 Å². The van der Waals surface area contributed by atoms with Crippen molar-refractivity contribution in [3.8, 4) is 0 Å². The van der Waals surface area contributed by atoms with Crippen molar-refractivity contribution in [2.75, 3.05) is 98.2 Å². The summed E-state index contributed by atoms with van der Waals surface area (Å²) in [5.41, 5.74) is 2.66. The molecule has 3 aliphatic heterocycles. The Morgan fingerprint density at radius 3 is 1.04 bits per heavy atom. The second-order valence-corrected chi connectivity index (χ2v) is 12.1. The normalized spacial score (nSPS) is 26.4. The van der Waals surface area contributed by atoms with Gasteiger partial charge in [0.25, 0.3) is 0 Å². The van der Waals surface area contributed by atoms with Crippen LogP contribution in [0.2, 0.25) is 0 Å². The Bertz CT molecular complexity index is 417. The lowest BCUT2D eigenvalue weighted by molar-refractivity contribution is 0.112. The predicted molar refractivity (Wildman–Crippen MR) is 122 cm³/mol. The van der Waals surface area contributed by atoms with Gasteiger partial charge in [-0.15, -0.1) is 0 Å². The molecule has 28 heavy (non-hydrogen) atoms. The first-order valence-electron chi connectivity index (χ1n) is 11.7. The molecule has 3 fully saturated rings. The fourth-order valence-corrected chi connectivity index (χ4v) is 10.2. The van der Waals surface area contributed by atoms with Crippen LogP contribution in [0, 0.1) is 0 Å². The molecule has 0 aromatic carbocycles. The van der Waals surface area contributed by atoms with Crippen LogP contribution in [0.25, 0.3) is 0 Å². The van der Waals surface area contributed by atoms with Crippen molar-refractivity contribution in [3.63, 3.8) is 0 Å². The van der Waals surface area contributed by atoms with Gasteiger partial charge in [-0.3, -0.25) is 13.7 Å². The van der Waals surface area contributed by atoms with Crippen LogP contribution in [0.1, 0.15) is 27.7 Å². The average Bonchev–Trinajstić information content (AvgIpc) is 2.78. The number of nitrogens with zero attached hydrogens (tertiary/aromatic N) is 6. The molecule has 3 aliphatic rings. The topological polar surface area (TPSA) is 19.4 Å². The van der Waals surface area contributed by atoms with Crippen molar-refractivity contribution in [2.45, 2.75) is 27.7 Å². The highest BCUT2D eigenvalue weighted by atomic mass is 28.4. The van der Waals surface area contributed by atoms with Crippen LogP contribution < -0.4 is 0 Å². The molecule has 3 heterocycles. The quantitative estimate of drug-likeness (QED) is 0.580. The van der Waals surface area contributed by atoms with Gasteiger partial charge in [0.15, 0.2) is 0 Å². The zero-order valence-electron chi connectivity index (χ0n) is 18.9. The first-order chi connectivity index (χ1) is 13.7. The highest BCUT2D eigenvalue weighted by molar-refractivity contribution is 6.76. The van der Waals surface area contributed by atoms with E-state index in [0.29, 0.717) is 0 Å². The van der Waals surface area contributed by atoms with Crippen LogP contribution in [0.3, 0.4) is 0 Å². The summed E-state index contributed by atoms with van der Waals surface area (Å²) in [6.07, 6.45) is 2.37. The number of rotatable bonds is 7. The minimum absolute atomic E-state index is 1.19. The summed E-state index contributed by atoms with van der Waals surface area (Å²) in [5.74, 6) is 0. The third-order valence-corrected chi connectivity index (χ3v) is 12.2. The van der Waals surface area contributed by atoms with Gasteiger partial charge in [-0.1, -0.05) is 32.5 Å². The third-order valence-electron chi connectivity index (χ3n) is 7.25. The van der Waals surface area contributed by atoms with Crippen molar-refractivity contribution in [3.05, 3.63) is 11.8 Å². The zero-order chi connectivity index (χ0) is 20.0. The van der Waals surface area contributed by atoms with Crippen molar-refractivity contribution in [1.82, 2.24) is 28.4 Å². The highest BCUT2D eigenvalue weighted by Crippen LogP contribution is 2.27. The van der Waals surface area contributed by atoms with Crippen LogP contribution in [0.5, 0.6) is 0 Å². The molecule has 3 saturated heterocycles. The Morgan fingerprint density at radius 2 is 0.821 bits per heavy atom. The first-order valence-corrected chi connectivity index (χ1v) is 13.7. The van der Waals surface area contributed by atoms with Gasteiger partial charge in [0.2, 0.25) is 0 Å². The Morgan fingerprint density at radius 1 is 0.536 bits per heavy atom. The lowest BCUT2D eigenvalue weighted by atomic mass is 10.4. The average molecular weight is 409 g/mol. The van der Waals surface area contributed by atoms with Gasteiger partial charge in [0, 0.05) is 78.5 Å². The fraction of sp³-hybridized carbons (Fsp3) is 0.905. The Balaban J connectivity index is 1.85. The predicted octanol–water partition coefficient (Wildman–Crippen LogP) is 0.953. The fourth-order valence-electron chi connectivity index (χ4n) is 5.32. The number of hydrogen-bond acceptors (Lipinski definition) is 6. The van der Waals surface area contributed by atoms with Gasteiger partial charge < -0.3 is 14.7 Å². The van der Waals surface area contributed by atoms with Gasteiger partial charge in [0.05, 0.1) is 0 Å². The van der Waals surface area contributed by atoms with Gasteiger partial charge in [-0.2, -0.15) is 0 Å². The largest absolute Gasteiger partial charge is 0.315 e. The van der Waals surface area contributed by atoms with E-state index in [1.807, 2.05) is 0 Å². The van der Waals surface area contributed by atoms with Crippen LogP contribution in [-0.2, 0) is 0 Å². The molecule has 0 atom stereocenters. The summed E-state index contributed by atoms with van der Waals surface area (Å²) in [4.78, 5) is 7.86. The number of hydrogen-bond donors (Lipinski definition) is 0. The molecule has 7 heteroatoms. The molecule has 0 aromatic rings. The molecule has 0 unspecified atom stereocenters. The molecule has 162 valence electrons. The van der Waals surface area contributed by atoms with E-state index in [1.54, 1.807) is 0 Å². The minimum Gasteiger partial charge on any atom is -0.301 e. The smallest absolute Gasteiger partial charge is 0.301 e. The van der Waals surface area contributed by atoms with E-state index < -0.39 is 8.56 Å². The van der Waals surface area contributed by atoms with Gasteiger partial charge in [-0.25, -0.2) is 0 Å². The lowest BCUT2D eigenvalue weighted by Crippen LogP contribution is -2.79. The Hall–Kier alpha value is -0.283. The van der Waals surface area contributed by atoms with Gasteiger partial charge >= 0.3 is 8.56 Å². The van der Waals surface area contributed by atoms with Crippen LogP contribution in [0.4, 0.5) is 0 Å². The molecule has 0 bridgehead atoms. The van der Waals surface area contributed by atoms with Crippen molar-refractivity contribution in [2.24, 2.45) is 0 Å². The van der Waals surface area contributed by atoms with E-state index >= 15 is 0 Å². The molecule has 0 N–H and O–H groups in total. The second kappa shape index (κ2) is 10.7. The molecule has 6 nitrogen and oxygen atoms in total. The maximum Gasteiger partial charge on any atom is 0.315 e. The first kappa shape index (κ1) is 22.4. The van der Waals surface area contributed by atoms with E-state index in [9.17, 15) is 0 Å². The minimum atomic E-state index is -1.98. The van der Waals surface area contributed by atoms with Crippen molar-refractivity contribution < 1.29 is 0 Å². The monoisotopic (exact) mass is 408 g/mol. The highest BCUT2D eigenvalue weighted by Gasteiger charge is 2.51. The summed E-state index contributed by atoms with van der Waals surface area (Å²) in [5, 5.41) is 0. The maximum atomic E-state index is 2.93. The number of allylic oxidation sites excluding steroid dienone is 1. The van der Waals surface area contributed by atoms with Crippen molar-refractivity contribution >= 4 is 8.56 Å². The lowest BCUT2D eigenvalue weighted by Gasteiger charge is -2.57. The summed E-state index contributed by atoms with van der Waals surface area (Å²) in [7, 11) is -1.98. The SMILES string of the molecule is CC=C[Si](N1CCN(CC)CC1)(N1CCN(CC)CC1)N1CCN(CC)CC1. The summed E-state index contributed by atoms with van der Waals surface area (Å²) in [6.45, 7) is 27.5. The van der Waals surface area contributed by atoms with Crippen molar-refractivity contribution in [1.29, 1.82) is 0 Å². The zero-order valence-corrected chi connectivity index (χ0v) is 19.9. The summed E-state index contributed by atoms with van der Waals surface area (Å²) < 4.78 is 8.80.